The summed E-state index contributed by atoms with van der Waals surface area (Å²) < 4.78 is 1.82. The molecule has 0 atom stereocenters. The third-order valence-corrected chi connectivity index (χ3v) is 1.81. The highest BCUT2D eigenvalue weighted by Gasteiger charge is 2.14. The fourth-order valence-electron chi connectivity index (χ4n) is 1.19. The van der Waals surface area contributed by atoms with Gasteiger partial charge in [0.1, 0.15) is 0 Å². The SMILES string of the molecule is O=CN1CCn2nncc2C1. The molecule has 5 heteroatoms. The van der Waals surface area contributed by atoms with Gasteiger partial charge in [-0.2, -0.15) is 0 Å². The van der Waals surface area contributed by atoms with Crippen molar-refractivity contribution in [3.8, 4) is 0 Å². The molecular formula is C6H8N4O. The zero-order chi connectivity index (χ0) is 7.68. The van der Waals surface area contributed by atoms with E-state index in [2.05, 4.69) is 10.3 Å². The average Bonchev–Trinajstić information content (AvgIpc) is 2.50. The molecule has 1 amide bonds. The second kappa shape index (κ2) is 2.34. The number of aromatic nitrogens is 3. The molecule has 0 aromatic carbocycles. The number of amides is 1. The van der Waals surface area contributed by atoms with Crippen molar-refractivity contribution in [1.29, 1.82) is 0 Å². The summed E-state index contributed by atoms with van der Waals surface area (Å²) in [6.45, 7) is 2.13. The van der Waals surface area contributed by atoms with E-state index >= 15 is 0 Å². The van der Waals surface area contributed by atoms with Crippen molar-refractivity contribution < 1.29 is 4.79 Å². The van der Waals surface area contributed by atoms with Crippen LogP contribution in [0.4, 0.5) is 0 Å². The maximum absolute atomic E-state index is 10.4. The Kier molecular flexibility index (Phi) is 1.34. The lowest BCUT2D eigenvalue weighted by molar-refractivity contribution is -0.119. The van der Waals surface area contributed by atoms with E-state index in [-0.39, 0.29) is 0 Å². The molecule has 0 saturated heterocycles. The van der Waals surface area contributed by atoms with Crippen LogP contribution < -0.4 is 0 Å². The van der Waals surface area contributed by atoms with Gasteiger partial charge >= 0.3 is 0 Å². The predicted molar refractivity (Wildman–Crippen MR) is 36.5 cm³/mol. The van der Waals surface area contributed by atoms with Crippen molar-refractivity contribution in [3.63, 3.8) is 0 Å². The maximum atomic E-state index is 10.4. The van der Waals surface area contributed by atoms with Crippen LogP contribution in [0, 0.1) is 0 Å². The molecule has 1 aromatic heterocycles. The Morgan fingerprint density at radius 2 is 2.45 bits per heavy atom. The van der Waals surface area contributed by atoms with Crippen LogP contribution in [0.15, 0.2) is 6.20 Å². The van der Waals surface area contributed by atoms with E-state index in [1.54, 1.807) is 11.1 Å². The number of nitrogens with zero attached hydrogens (tertiary/aromatic N) is 4. The molecule has 11 heavy (non-hydrogen) atoms. The number of carbonyl (C=O) groups is 1. The van der Waals surface area contributed by atoms with Crippen molar-refractivity contribution in [2.24, 2.45) is 0 Å². The van der Waals surface area contributed by atoms with Crippen molar-refractivity contribution in [2.75, 3.05) is 6.54 Å². The smallest absolute Gasteiger partial charge is 0.210 e. The van der Waals surface area contributed by atoms with Crippen LogP contribution in [0.3, 0.4) is 0 Å². The molecule has 2 heterocycles. The fourth-order valence-corrected chi connectivity index (χ4v) is 1.19. The Morgan fingerprint density at radius 1 is 1.55 bits per heavy atom. The Morgan fingerprint density at radius 3 is 3.27 bits per heavy atom. The third kappa shape index (κ3) is 0.978. The van der Waals surface area contributed by atoms with Gasteiger partial charge in [0.25, 0.3) is 0 Å². The van der Waals surface area contributed by atoms with Gasteiger partial charge in [0.2, 0.25) is 6.41 Å². The number of carbonyl (C=O) groups excluding carboxylic acids is 1. The molecule has 0 aliphatic carbocycles. The quantitative estimate of drug-likeness (QED) is 0.497. The van der Waals surface area contributed by atoms with Gasteiger partial charge in [-0.1, -0.05) is 5.21 Å². The molecule has 2 rings (SSSR count). The maximum Gasteiger partial charge on any atom is 0.210 e. The highest BCUT2D eigenvalue weighted by molar-refractivity contribution is 5.47. The molecule has 0 radical (unpaired) electrons. The van der Waals surface area contributed by atoms with E-state index in [0.29, 0.717) is 6.54 Å². The van der Waals surface area contributed by atoms with Crippen LogP contribution in [0.5, 0.6) is 0 Å². The molecule has 5 nitrogen and oxygen atoms in total. The van der Waals surface area contributed by atoms with Crippen LogP contribution in [0.25, 0.3) is 0 Å². The van der Waals surface area contributed by atoms with Crippen LogP contribution in [-0.2, 0) is 17.9 Å². The van der Waals surface area contributed by atoms with Crippen LogP contribution in [0.2, 0.25) is 0 Å². The van der Waals surface area contributed by atoms with Crippen LogP contribution in [0.1, 0.15) is 5.69 Å². The molecule has 1 aliphatic rings. The van der Waals surface area contributed by atoms with Gasteiger partial charge in [0.05, 0.1) is 25.0 Å². The predicted octanol–water partition coefficient (Wildman–Crippen LogP) is -0.750. The largest absolute Gasteiger partial charge is 0.337 e. The molecule has 0 fully saturated rings. The second-order valence-electron chi connectivity index (χ2n) is 2.52. The monoisotopic (exact) mass is 152 g/mol. The number of fused-ring (bicyclic) bond motifs is 1. The minimum Gasteiger partial charge on any atom is -0.337 e. The molecule has 1 aliphatic heterocycles. The first kappa shape index (κ1) is 6.33. The standard InChI is InChI=1S/C6H8N4O/c11-5-9-1-2-10-6(4-9)3-7-8-10/h3,5H,1-2,4H2. The summed E-state index contributed by atoms with van der Waals surface area (Å²) in [4.78, 5) is 12.1. The molecule has 0 bridgehead atoms. The van der Waals surface area contributed by atoms with Gasteiger partial charge in [-0.3, -0.25) is 4.79 Å². The summed E-state index contributed by atoms with van der Waals surface area (Å²) >= 11 is 0. The first-order chi connectivity index (χ1) is 5.40. The van der Waals surface area contributed by atoms with Gasteiger partial charge < -0.3 is 4.90 Å². The van der Waals surface area contributed by atoms with E-state index < -0.39 is 0 Å². The van der Waals surface area contributed by atoms with Crippen LogP contribution in [-0.4, -0.2) is 32.8 Å². The van der Waals surface area contributed by atoms with E-state index in [1.165, 1.54) is 0 Å². The Bertz CT molecular complexity index is 269. The van der Waals surface area contributed by atoms with Crippen molar-refractivity contribution in [1.82, 2.24) is 19.9 Å². The molecular weight excluding hydrogens is 144 g/mol. The molecule has 1 aromatic rings. The van der Waals surface area contributed by atoms with Gasteiger partial charge in [-0.05, 0) is 0 Å². The van der Waals surface area contributed by atoms with Gasteiger partial charge in [-0.15, -0.1) is 5.10 Å². The normalized spacial score (nSPS) is 16.2. The van der Waals surface area contributed by atoms with E-state index in [4.69, 9.17) is 0 Å². The first-order valence-electron chi connectivity index (χ1n) is 3.47. The topological polar surface area (TPSA) is 51.0 Å². The Balaban J connectivity index is 2.24. The van der Waals surface area contributed by atoms with Gasteiger partial charge in [0, 0.05) is 6.54 Å². The molecule has 0 spiro atoms. The van der Waals surface area contributed by atoms with Gasteiger partial charge in [-0.25, -0.2) is 4.68 Å². The Hall–Kier alpha value is -1.39. The van der Waals surface area contributed by atoms with E-state index in [9.17, 15) is 4.79 Å². The number of hydrogen-bond donors (Lipinski definition) is 0. The van der Waals surface area contributed by atoms with Crippen molar-refractivity contribution in [3.05, 3.63) is 11.9 Å². The van der Waals surface area contributed by atoms with Crippen molar-refractivity contribution >= 4 is 6.41 Å². The zero-order valence-electron chi connectivity index (χ0n) is 5.97. The lowest BCUT2D eigenvalue weighted by atomic mass is 10.3. The van der Waals surface area contributed by atoms with Crippen molar-refractivity contribution in [2.45, 2.75) is 13.1 Å². The molecule has 0 N–H and O–H groups in total. The number of hydrogen-bond acceptors (Lipinski definition) is 3. The Labute approximate surface area is 63.6 Å². The fraction of sp³-hybridized carbons (Fsp3) is 0.500. The summed E-state index contributed by atoms with van der Waals surface area (Å²) in [7, 11) is 0. The van der Waals surface area contributed by atoms with Crippen LogP contribution >= 0.6 is 0 Å². The van der Waals surface area contributed by atoms with Gasteiger partial charge in [0.15, 0.2) is 0 Å². The second-order valence-corrected chi connectivity index (χ2v) is 2.52. The summed E-state index contributed by atoms with van der Waals surface area (Å²) in [5.41, 5.74) is 1.00. The summed E-state index contributed by atoms with van der Waals surface area (Å²) in [6, 6.07) is 0. The highest BCUT2D eigenvalue weighted by Crippen LogP contribution is 2.06. The first-order valence-corrected chi connectivity index (χ1v) is 3.47. The lowest BCUT2D eigenvalue weighted by Gasteiger charge is -2.22. The summed E-state index contributed by atoms with van der Waals surface area (Å²) in [5, 5.41) is 7.59. The molecule has 58 valence electrons. The minimum atomic E-state index is 0.635. The summed E-state index contributed by atoms with van der Waals surface area (Å²) in [5.74, 6) is 0. The molecule has 0 unspecified atom stereocenters. The average molecular weight is 152 g/mol. The minimum absolute atomic E-state index is 0.635. The summed E-state index contributed by atoms with van der Waals surface area (Å²) in [6.07, 6.45) is 2.55. The molecule has 0 saturated carbocycles. The van der Waals surface area contributed by atoms with E-state index in [0.717, 1.165) is 25.2 Å². The van der Waals surface area contributed by atoms with E-state index in [1.807, 2.05) is 4.68 Å². The highest BCUT2D eigenvalue weighted by atomic mass is 16.1. The lowest BCUT2D eigenvalue weighted by Crippen LogP contribution is -2.32. The zero-order valence-corrected chi connectivity index (χ0v) is 5.97. The third-order valence-electron chi connectivity index (χ3n) is 1.81. The number of rotatable bonds is 1.